The molecule has 0 aliphatic rings. The SMILES string of the molecule is C[CH]CC[S+]=O. The maximum absolute atomic E-state index is 9.59. The summed E-state index contributed by atoms with van der Waals surface area (Å²) in [4.78, 5) is 0. The molecule has 0 spiro atoms. The van der Waals surface area contributed by atoms with Gasteiger partial charge in [-0.05, 0) is 6.42 Å². The Morgan fingerprint density at radius 3 is 2.67 bits per heavy atom. The lowest BCUT2D eigenvalue weighted by Gasteiger charge is -1.69. The molecule has 0 aromatic heterocycles. The van der Waals surface area contributed by atoms with Gasteiger partial charge in [0.25, 0.3) is 0 Å². The molecule has 0 N–H and O–H groups in total. The minimum Gasteiger partial charge on any atom is -0.0621 e. The van der Waals surface area contributed by atoms with Crippen molar-refractivity contribution in [3.63, 3.8) is 0 Å². The normalized spacial score (nSPS) is 8.17. The molecule has 0 bridgehead atoms. The van der Waals surface area contributed by atoms with E-state index in [1.807, 2.05) is 13.3 Å². The van der Waals surface area contributed by atoms with Crippen LogP contribution in [0.25, 0.3) is 0 Å². The third-order valence-corrected chi connectivity index (χ3v) is 0.892. The van der Waals surface area contributed by atoms with Crippen molar-refractivity contribution in [2.45, 2.75) is 13.3 Å². The van der Waals surface area contributed by atoms with Crippen molar-refractivity contribution < 1.29 is 4.21 Å². The van der Waals surface area contributed by atoms with Gasteiger partial charge in [-0.15, -0.1) is 0 Å². The van der Waals surface area contributed by atoms with Crippen LogP contribution in [0.3, 0.4) is 0 Å². The summed E-state index contributed by atoms with van der Waals surface area (Å²) in [5.74, 6) is 0.719. The quantitative estimate of drug-likeness (QED) is 0.386. The Hall–Kier alpha value is 0.0200. The van der Waals surface area contributed by atoms with Crippen LogP contribution in [-0.2, 0) is 15.9 Å². The molecule has 0 aromatic carbocycles. The van der Waals surface area contributed by atoms with Gasteiger partial charge >= 0.3 is 11.7 Å². The molecular weight excluding hydrogens is 96.1 g/mol. The van der Waals surface area contributed by atoms with Crippen molar-refractivity contribution in [3.05, 3.63) is 6.42 Å². The van der Waals surface area contributed by atoms with Crippen molar-refractivity contribution in [1.29, 1.82) is 0 Å². The smallest absolute Gasteiger partial charge is 0.0621 e. The molecule has 0 aliphatic carbocycles. The largest absolute Gasteiger partial charge is 0.458 e. The molecule has 1 nitrogen and oxygen atoms in total. The van der Waals surface area contributed by atoms with Gasteiger partial charge < -0.3 is 0 Å². The zero-order valence-electron chi connectivity index (χ0n) is 3.81. The molecule has 0 unspecified atom stereocenters. The average molecular weight is 104 g/mol. The van der Waals surface area contributed by atoms with Crippen LogP contribution in [0.1, 0.15) is 13.3 Å². The van der Waals surface area contributed by atoms with Gasteiger partial charge in [0.1, 0.15) is 0 Å². The first-order chi connectivity index (χ1) is 2.91. The standard InChI is InChI=1S/C4H8OS/c1-2-3-4-6-5/h2H,3-4H2,1H3/q+1. The predicted octanol–water partition coefficient (Wildman–Crippen LogP) is 1.03. The molecule has 0 fully saturated rings. The highest BCUT2D eigenvalue weighted by Gasteiger charge is 1.91. The first-order valence-corrected chi connectivity index (χ1v) is 2.85. The number of rotatable bonds is 3. The zero-order valence-corrected chi connectivity index (χ0v) is 4.62. The first kappa shape index (κ1) is 6.02. The van der Waals surface area contributed by atoms with Gasteiger partial charge in [0.05, 0.1) is 0 Å². The second kappa shape index (κ2) is 5.02. The lowest BCUT2D eigenvalue weighted by Crippen LogP contribution is -1.76. The van der Waals surface area contributed by atoms with Gasteiger partial charge in [-0.2, -0.15) is 0 Å². The van der Waals surface area contributed by atoms with Crippen LogP contribution in [0.2, 0.25) is 0 Å². The summed E-state index contributed by atoms with van der Waals surface area (Å²) in [6.45, 7) is 1.95. The lowest BCUT2D eigenvalue weighted by atomic mass is 10.4. The Morgan fingerprint density at radius 1 is 1.83 bits per heavy atom. The summed E-state index contributed by atoms with van der Waals surface area (Å²) in [5, 5.41) is 0. The second-order valence-corrected chi connectivity index (χ2v) is 1.66. The van der Waals surface area contributed by atoms with E-state index in [9.17, 15) is 4.21 Å². The van der Waals surface area contributed by atoms with Gasteiger partial charge in [-0.3, -0.25) is 0 Å². The summed E-state index contributed by atoms with van der Waals surface area (Å²) in [6, 6.07) is 0. The Balaban J connectivity index is 2.49. The first-order valence-electron chi connectivity index (χ1n) is 1.94. The predicted molar refractivity (Wildman–Crippen MR) is 27.5 cm³/mol. The topological polar surface area (TPSA) is 17.1 Å². The highest BCUT2D eigenvalue weighted by molar-refractivity contribution is 7.65. The van der Waals surface area contributed by atoms with E-state index in [1.54, 1.807) is 0 Å². The van der Waals surface area contributed by atoms with Crippen LogP contribution in [0.15, 0.2) is 0 Å². The molecule has 0 rings (SSSR count). The van der Waals surface area contributed by atoms with Crippen molar-refractivity contribution in [3.8, 4) is 0 Å². The summed E-state index contributed by atoms with van der Waals surface area (Å²) >= 11 is 0.645. The fourth-order valence-corrected chi connectivity index (χ4v) is 0.498. The number of hydrogen-bond acceptors (Lipinski definition) is 1. The van der Waals surface area contributed by atoms with Crippen LogP contribution in [-0.4, -0.2) is 5.75 Å². The van der Waals surface area contributed by atoms with E-state index in [4.69, 9.17) is 0 Å². The lowest BCUT2D eigenvalue weighted by molar-refractivity contribution is 0.604. The summed E-state index contributed by atoms with van der Waals surface area (Å²) in [6.07, 6.45) is 2.93. The molecule has 0 atom stereocenters. The molecule has 0 amide bonds. The van der Waals surface area contributed by atoms with Gasteiger partial charge in [0, 0.05) is 10.6 Å². The fourth-order valence-electron chi connectivity index (χ4n) is 0.166. The van der Waals surface area contributed by atoms with E-state index in [1.165, 1.54) is 0 Å². The summed E-state index contributed by atoms with van der Waals surface area (Å²) < 4.78 is 9.59. The average Bonchev–Trinajstić information content (AvgIpc) is 1.61. The Labute approximate surface area is 42.2 Å². The molecule has 0 heterocycles. The molecule has 1 radical (unpaired) electrons. The number of unbranched alkanes of at least 4 members (excludes halogenated alkanes) is 1. The van der Waals surface area contributed by atoms with E-state index in [2.05, 4.69) is 0 Å². The Morgan fingerprint density at radius 2 is 2.50 bits per heavy atom. The van der Waals surface area contributed by atoms with E-state index >= 15 is 0 Å². The minimum atomic E-state index is 0.645. The Bertz CT molecular complexity index is 36.5. The number of hydrogen-bond donors (Lipinski definition) is 0. The fraction of sp³-hybridized carbons (Fsp3) is 0.750. The molecule has 35 valence electrons. The minimum absolute atomic E-state index is 0.645. The molecule has 0 aliphatic heterocycles. The van der Waals surface area contributed by atoms with E-state index < -0.39 is 0 Å². The second-order valence-electron chi connectivity index (χ2n) is 1.02. The highest BCUT2D eigenvalue weighted by Crippen LogP contribution is 1.80. The van der Waals surface area contributed by atoms with Crippen LogP contribution in [0.4, 0.5) is 0 Å². The van der Waals surface area contributed by atoms with Gasteiger partial charge in [-0.1, -0.05) is 6.92 Å². The maximum Gasteiger partial charge on any atom is 0.458 e. The summed E-state index contributed by atoms with van der Waals surface area (Å²) in [7, 11) is 0. The third-order valence-electron chi connectivity index (χ3n) is 0.490. The molecule has 2 heteroatoms. The molecular formula is C4H8OS+. The molecule has 6 heavy (non-hydrogen) atoms. The highest BCUT2D eigenvalue weighted by atomic mass is 32.1. The van der Waals surface area contributed by atoms with Crippen molar-refractivity contribution >= 4 is 11.7 Å². The van der Waals surface area contributed by atoms with Crippen LogP contribution in [0, 0.1) is 6.42 Å². The van der Waals surface area contributed by atoms with Crippen molar-refractivity contribution in [1.82, 2.24) is 0 Å². The monoisotopic (exact) mass is 104 g/mol. The van der Waals surface area contributed by atoms with Crippen molar-refractivity contribution in [2.24, 2.45) is 0 Å². The third kappa shape index (κ3) is 4.02. The zero-order chi connectivity index (χ0) is 4.83. The van der Waals surface area contributed by atoms with Crippen LogP contribution in [0.5, 0.6) is 0 Å². The van der Waals surface area contributed by atoms with Crippen molar-refractivity contribution in [2.75, 3.05) is 5.75 Å². The maximum atomic E-state index is 9.59. The summed E-state index contributed by atoms with van der Waals surface area (Å²) in [5.41, 5.74) is 0. The molecule has 0 aromatic rings. The molecule has 0 saturated heterocycles. The van der Waals surface area contributed by atoms with Gasteiger partial charge in [-0.25, -0.2) is 0 Å². The Kier molecular flexibility index (Phi) is 5.04. The van der Waals surface area contributed by atoms with E-state index in [0.717, 1.165) is 12.2 Å². The van der Waals surface area contributed by atoms with Crippen LogP contribution >= 0.6 is 0 Å². The van der Waals surface area contributed by atoms with Gasteiger partial charge in [0.15, 0.2) is 0 Å². The van der Waals surface area contributed by atoms with E-state index in [0.29, 0.717) is 11.7 Å². The van der Waals surface area contributed by atoms with Gasteiger partial charge in [0.2, 0.25) is 5.75 Å². The van der Waals surface area contributed by atoms with E-state index in [-0.39, 0.29) is 0 Å². The van der Waals surface area contributed by atoms with Crippen LogP contribution < -0.4 is 0 Å². The molecule has 0 saturated carbocycles.